The minimum absolute atomic E-state index is 0.00962. The Kier molecular flexibility index (Phi) is 7.62. The van der Waals surface area contributed by atoms with E-state index in [0.29, 0.717) is 22.0 Å². The maximum Gasteiger partial charge on any atom is 0.262 e. The number of piperidine rings is 1. The number of nitrogens with zero attached hydrogens (tertiary/aromatic N) is 3. The van der Waals surface area contributed by atoms with E-state index in [9.17, 15) is 18.8 Å². The smallest absolute Gasteiger partial charge is 0.262 e. The zero-order valence-corrected chi connectivity index (χ0v) is 19.8. The molecule has 2 aromatic rings. The number of carbonyl (C=O) groups excluding carboxylic acids is 3. The largest absolute Gasteiger partial charge is 0.351 e. The van der Waals surface area contributed by atoms with Gasteiger partial charge in [0.25, 0.3) is 11.8 Å². The molecule has 1 atom stereocenters. The lowest BCUT2D eigenvalue weighted by atomic mass is 10.1. The first kappa shape index (κ1) is 23.9. The van der Waals surface area contributed by atoms with Crippen molar-refractivity contribution in [1.29, 1.82) is 0 Å². The van der Waals surface area contributed by atoms with Gasteiger partial charge in [-0.05, 0) is 43.5 Å². The minimum atomic E-state index is -0.534. The number of amidine groups is 1. The molecule has 2 aliphatic rings. The Morgan fingerprint density at radius 3 is 2.68 bits per heavy atom. The summed E-state index contributed by atoms with van der Waals surface area (Å²) >= 11 is 1.35. The number of thioether (sulfide) groups is 1. The Balaban J connectivity index is 1.33. The van der Waals surface area contributed by atoms with Crippen molar-refractivity contribution in [3.63, 3.8) is 0 Å². The van der Waals surface area contributed by atoms with Gasteiger partial charge in [0.1, 0.15) is 11.1 Å². The molecular weight excluding hydrogens is 455 g/mol. The lowest BCUT2D eigenvalue weighted by molar-refractivity contribution is -0.121. The van der Waals surface area contributed by atoms with E-state index in [2.05, 4.69) is 15.2 Å². The molecule has 1 fully saturated rings. The molecule has 0 saturated carbocycles. The summed E-state index contributed by atoms with van der Waals surface area (Å²) in [6.07, 6.45) is 3.37. The van der Waals surface area contributed by atoms with Crippen LogP contribution in [0, 0.1) is 5.82 Å². The van der Waals surface area contributed by atoms with Gasteiger partial charge in [-0.1, -0.05) is 36.0 Å². The lowest BCUT2D eigenvalue weighted by Gasteiger charge is -2.27. The summed E-state index contributed by atoms with van der Waals surface area (Å²) in [5.74, 6) is -1.25. The van der Waals surface area contributed by atoms with Gasteiger partial charge in [-0.25, -0.2) is 4.39 Å². The highest BCUT2D eigenvalue weighted by atomic mass is 32.2. The summed E-state index contributed by atoms with van der Waals surface area (Å²) in [6.45, 7) is 1.91. The Labute approximate surface area is 202 Å². The Hall–Kier alpha value is -3.20. The summed E-state index contributed by atoms with van der Waals surface area (Å²) in [4.78, 5) is 45.5. The molecule has 0 spiro atoms. The monoisotopic (exact) mass is 482 g/mol. The van der Waals surface area contributed by atoms with Crippen LogP contribution in [0.3, 0.4) is 0 Å². The summed E-state index contributed by atoms with van der Waals surface area (Å²) in [7, 11) is 1.60. The standard InChI is InChI=1S/C25H27FN4O3S/c1-29(16-18-8-3-4-11-20(18)26)24(33)17-9-7-10-19(14-17)27-22(31)15-21-23(32)28-25(34-21)30-12-5-2-6-13-30/h3-4,7-11,14,21H,2,5-6,12-13,15-16H2,1H3,(H,27,31)/t21-/m1/s1. The van der Waals surface area contributed by atoms with E-state index in [1.54, 1.807) is 49.5 Å². The molecule has 3 amide bonds. The molecule has 0 unspecified atom stereocenters. The van der Waals surface area contributed by atoms with Gasteiger partial charge in [-0.15, -0.1) is 0 Å². The third kappa shape index (κ3) is 5.83. The number of halogens is 1. The molecule has 0 radical (unpaired) electrons. The summed E-state index contributed by atoms with van der Waals surface area (Å²) in [6, 6.07) is 12.9. The SMILES string of the molecule is CN(Cc1ccccc1F)C(=O)c1cccc(NC(=O)C[C@H]2SC(N3CCCCC3)=NC2=O)c1. The highest BCUT2D eigenvalue weighted by molar-refractivity contribution is 8.15. The first-order valence-corrected chi connectivity index (χ1v) is 12.2. The van der Waals surface area contributed by atoms with Crippen LogP contribution in [-0.4, -0.2) is 58.1 Å². The second kappa shape index (κ2) is 10.8. The number of amides is 3. The molecule has 1 N–H and O–H groups in total. The van der Waals surface area contributed by atoms with Gasteiger partial charge >= 0.3 is 0 Å². The van der Waals surface area contributed by atoms with Gasteiger partial charge in [-0.3, -0.25) is 14.4 Å². The Morgan fingerprint density at radius 1 is 1.15 bits per heavy atom. The third-order valence-corrected chi connectivity index (χ3v) is 7.04. The molecular formula is C25H27FN4O3S. The molecule has 0 bridgehead atoms. The van der Waals surface area contributed by atoms with E-state index in [4.69, 9.17) is 0 Å². The number of benzene rings is 2. The predicted molar refractivity (Wildman–Crippen MR) is 131 cm³/mol. The number of aliphatic imine (C=N–C) groups is 1. The normalized spacial score (nSPS) is 17.9. The minimum Gasteiger partial charge on any atom is -0.351 e. The molecule has 1 saturated heterocycles. The fourth-order valence-corrected chi connectivity index (χ4v) is 5.13. The molecule has 34 heavy (non-hydrogen) atoms. The van der Waals surface area contributed by atoms with Crippen LogP contribution in [0.2, 0.25) is 0 Å². The average molecular weight is 483 g/mol. The van der Waals surface area contributed by atoms with Crippen molar-refractivity contribution in [3.05, 3.63) is 65.5 Å². The van der Waals surface area contributed by atoms with Crippen molar-refractivity contribution in [2.75, 3.05) is 25.5 Å². The first-order chi connectivity index (χ1) is 16.4. The van der Waals surface area contributed by atoms with E-state index in [0.717, 1.165) is 25.9 Å². The van der Waals surface area contributed by atoms with Gasteiger partial charge < -0.3 is 15.1 Å². The van der Waals surface area contributed by atoms with E-state index in [1.165, 1.54) is 29.1 Å². The first-order valence-electron chi connectivity index (χ1n) is 11.3. The van der Waals surface area contributed by atoms with Crippen LogP contribution in [0.5, 0.6) is 0 Å². The summed E-state index contributed by atoms with van der Waals surface area (Å²) in [5, 5.41) is 2.96. The van der Waals surface area contributed by atoms with Crippen molar-refractivity contribution in [2.45, 2.75) is 37.5 Å². The van der Waals surface area contributed by atoms with Crippen LogP contribution in [0.1, 0.15) is 41.6 Å². The fraction of sp³-hybridized carbons (Fsp3) is 0.360. The summed E-state index contributed by atoms with van der Waals surface area (Å²) < 4.78 is 13.9. The van der Waals surface area contributed by atoms with Crippen molar-refractivity contribution in [2.24, 2.45) is 4.99 Å². The lowest BCUT2D eigenvalue weighted by Crippen LogP contribution is -2.33. The number of carbonyl (C=O) groups is 3. The quantitative estimate of drug-likeness (QED) is 0.675. The maximum absolute atomic E-state index is 13.9. The van der Waals surface area contributed by atoms with Crippen molar-refractivity contribution in [1.82, 2.24) is 9.80 Å². The molecule has 4 rings (SSSR count). The topological polar surface area (TPSA) is 82.1 Å². The van der Waals surface area contributed by atoms with Crippen molar-refractivity contribution < 1.29 is 18.8 Å². The molecule has 2 heterocycles. The molecule has 7 nitrogen and oxygen atoms in total. The Bertz CT molecular complexity index is 1120. The van der Waals surface area contributed by atoms with Gasteiger partial charge in [0.15, 0.2) is 5.17 Å². The number of likely N-dealkylation sites (tertiary alicyclic amines) is 1. The zero-order chi connectivity index (χ0) is 24.1. The molecule has 2 aliphatic heterocycles. The maximum atomic E-state index is 13.9. The number of rotatable bonds is 6. The third-order valence-electron chi connectivity index (χ3n) is 5.83. The number of anilines is 1. The van der Waals surface area contributed by atoms with Gasteiger partial charge in [-0.2, -0.15) is 4.99 Å². The van der Waals surface area contributed by atoms with Crippen molar-refractivity contribution in [3.8, 4) is 0 Å². The second-order valence-corrected chi connectivity index (χ2v) is 9.64. The van der Waals surface area contributed by atoms with E-state index in [-0.39, 0.29) is 36.5 Å². The Morgan fingerprint density at radius 2 is 1.91 bits per heavy atom. The van der Waals surface area contributed by atoms with Crippen LogP contribution in [-0.2, 0) is 16.1 Å². The number of hydrogen-bond donors (Lipinski definition) is 1. The molecule has 2 aromatic carbocycles. The van der Waals surface area contributed by atoms with E-state index >= 15 is 0 Å². The predicted octanol–water partition coefficient (Wildman–Crippen LogP) is 3.91. The summed E-state index contributed by atoms with van der Waals surface area (Å²) in [5.41, 5.74) is 1.26. The average Bonchev–Trinajstić information content (AvgIpc) is 3.20. The van der Waals surface area contributed by atoms with Crippen LogP contribution in [0.4, 0.5) is 10.1 Å². The van der Waals surface area contributed by atoms with Crippen LogP contribution >= 0.6 is 11.8 Å². The molecule has 0 aliphatic carbocycles. The highest BCUT2D eigenvalue weighted by Crippen LogP contribution is 2.29. The van der Waals surface area contributed by atoms with Crippen LogP contribution in [0.15, 0.2) is 53.5 Å². The van der Waals surface area contributed by atoms with Crippen LogP contribution < -0.4 is 5.32 Å². The number of hydrogen-bond acceptors (Lipinski definition) is 5. The van der Waals surface area contributed by atoms with E-state index < -0.39 is 5.25 Å². The zero-order valence-electron chi connectivity index (χ0n) is 19.0. The number of nitrogens with one attached hydrogen (secondary N) is 1. The van der Waals surface area contributed by atoms with Gasteiger partial charge in [0.2, 0.25) is 5.91 Å². The van der Waals surface area contributed by atoms with Crippen molar-refractivity contribution >= 4 is 40.3 Å². The van der Waals surface area contributed by atoms with Gasteiger partial charge in [0.05, 0.1) is 0 Å². The molecule has 178 valence electrons. The molecule has 9 heteroatoms. The highest BCUT2D eigenvalue weighted by Gasteiger charge is 2.33. The van der Waals surface area contributed by atoms with Gasteiger partial charge in [0, 0.05) is 49.9 Å². The molecule has 0 aromatic heterocycles. The fourth-order valence-electron chi connectivity index (χ4n) is 4.01. The van der Waals surface area contributed by atoms with Crippen LogP contribution in [0.25, 0.3) is 0 Å². The van der Waals surface area contributed by atoms with E-state index in [1.807, 2.05) is 0 Å². The second-order valence-electron chi connectivity index (χ2n) is 8.47.